The lowest BCUT2D eigenvalue weighted by Gasteiger charge is -1.77. The molecule has 0 amide bonds. The molecule has 0 bridgehead atoms. The summed E-state index contributed by atoms with van der Waals surface area (Å²) in [7, 11) is 0. The number of Topliss-reactive ketones (excluding diaryl/α,β-unsaturated/α-hetero) is 1. The van der Waals surface area contributed by atoms with E-state index < -0.39 is 0 Å². The predicted molar refractivity (Wildman–Crippen MR) is 33.2 cm³/mol. The van der Waals surface area contributed by atoms with Crippen LogP contribution in [0.25, 0.3) is 0 Å². The second-order valence-corrected chi connectivity index (χ2v) is 1.34. The molecular formula is C4H8Cl2O. The van der Waals surface area contributed by atoms with Gasteiger partial charge in [-0.05, 0) is 0 Å². The normalized spacial score (nSPS) is 7.14. The number of ketones is 1. The van der Waals surface area contributed by atoms with Gasteiger partial charge in [0.05, 0.1) is 11.8 Å². The molecule has 0 saturated carbocycles. The molecule has 0 fully saturated rings. The van der Waals surface area contributed by atoms with Crippen LogP contribution >= 0.6 is 23.2 Å². The molecule has 0 aliphatic heterocycles. The summed E-state index contributed by atoms with van der Waals surface area (Å²) in [6.45, 7) is 0. The monoisotopic (exact) mass is 142 g/mol. The van der Waals surface area contributed by atoms with Crippen molar-refractivity contribution in [3.05, 3.63) is 0 Å². The van der Waals surface area contributed by atoms with E-state index in [-0.39, 0.29) is 25.0 Å². The third kappa shape index (κ3) is 6.25. The highest BCUT2D eigenvalue weighted by Gasteiger charge is 1.90. The lowest BCUT2D eigenvalue weighted by molar-refractivity contribution is -0.114. The zero-order chi connectivity index (χ0) is 4.99. The Bertz CT molecular complexity index is 47.7. The Hall–Kier alpha value is 0.250. The van der Waals surface area contributed by atoms with Crippen LogP contribution in [0, 0.1) is 0 Å². The topological polar surface area (TPSA) is 17.1 Å². The largest absolute Gasteiger partial charge is 0.297 e. The number of carbonyl (C=O) groups excluding carboxylic acids is 1. The van der Waals surface area contributed by atoms with E-state index in [0.29, 0.717) is 0 Å². The van der Waals surface area contributed by atoms with Gasteiger partial charge in [0.15, 0.2) is 5.78 Å². The van der Waals surface area contributed by atoms with E-state index in [2.05, 4.69) is 0 Å². The van der Waals surface area contributed by atoms with Gasteiger partial charge in [-0.2, -0.15) is 0 Å². The van der Waals surface area contributed by atoms with Gasteiger partial charge < -0.3 is 0 Å². The number of rotatable bonds is 2. The fraction of sp³-hybridized carbons (Fsp3) is 0.750. The molecule has 7 heavy (non-hydrogen) atoms. The van der Waals surface area contributed by atoms with Crippen molar-refractivity contribution in [1.82, 2.24) is 0 Å². The molecule has 0 spiro atoms. The summed E-state index contributed by atoms with van der Waals surface area (Å²) in [5.74, 6) is -0.0640. The number of hydrogen-bond acceptors (Lipinski definition) is 1. The van der Waals surface area contributed by atoms with Gasteiger partial charge in [0, 0.05) is 0 Å². The third-order valence-electron chi connectivity index (χ3n) is 0.298. The van der Waals surface area contributed by atoms with Gasteiger partial charge in [0.25, 0.3) is 0 Å². The maximum Gasteiger partial charge on any atom is 0.162 e. The zero-order valence-corrected chi connectivity index (χ0v) is 4.59. The average Bonchev–Trinajstić information content (AvgIpc) is 1.65. The van der Waals surface area contributed by atoms with Crippen molar-refractivity contribution in [3.63, 3.8) is 0 Å². The molecule has 0 unspecified atom stereocenters. The Balaban J connectivity index is 0. The van der Waals surface area contributed by atoms with Crippen LogP contribution in [0.15, 0.2) is 0 Å². The van der Waals surface area contributed by atoms with Crippen molar-refractivity contribution in [2.24, 2.45) is 0 Å². The van der Waals surface area contributed by atoms with Crippen LogP contribution < -0.4 is 0 Å². The quantitative estimate of drug-likeness (QED) is 0.537. The number of alkyl halides is 2. The van der Waals surface area contributed by atoms with Gasteiger partial charge in [-0.15, -0.1) is 23.2 Å². The lowest BCUT2D eigenvalue weighted by Crippen LogP contribution is -1.98. The molecule has 0 aliphatic rings. The summed E-state index contributed by atoms with van der Waals surface area (Å²) in [4.78, 5) is 9.92. The Labute approximate surface area is 53.6 Å². The minimum absolute atomic E-state index is 0. The van der Waals surface area contributed by atoms with Gasteiger partial charge in [0.1, 0.15) is 0 Å². The van der Waals surface area contributed by atoms with E-state index in [1.54, 1.807) is 0 Å². The molecular weight excluding hydrogens is 135 g/mol. The summed E-state index contributed by atoms with van der Waals surface area (Å²) >= 11 is 10.0. The molecule has 0 N–H and O–H groups in total. The maximum absolute atomic E-state index is 9.92. The molecule has 3 heteroatoms. The van der Waals surface area contributed by atoms with E-state index in [4.69, 9.17) is 23.2 Å². The molecule has 0 heterocycles. The van der Waals surface area contributed by atoms with Crippen LogP contribution in [0.4, 0.5) is 0 Å². The van der Waals surface area contributed by atoms with Crippen LogP contribution in [0.5, 0.6) is 0 Å². The van der Waals surface area contributed by atoms with Gasteiger partial charge in [-0.3, -0.25) is 4.79 Å². The summed E-state index contributed by atoms with van der Waals surface area (Å²) in [5, 5.41) is 0. The summed E-state index contributed by atoms with van der Waals surface area (Å²) < 4.78 is 0. The first-order valence-electron chi connectivity index (χ1n) is 1.45. The zero-order valence-electron chi connectivity index (χ0n) is 3.08. The fourth-order valence-electron chi connectivity index (χ4n) is 0.0357. The van der Waals surface area contributed by atoms with Crippen LogP contribution in [-0.4, -0.2) is 17.5 Å². The number of hydrogen-bond donors (Lipinski definition) is 0. The first-order chi connectivity index (χ1) is 2.81. The van der Waals surface area contributed by atoms with E-state index in [1.807, 2.05) is 0 Å². The second-order valence-electron chi connectivity index (χ2n) is 0.806. The SMILES string of the molecule is C.O=C(CCl)CCl. The van der Waals surface area contributed by atoms with Crippen molar-refractivity contribution in [2.45, 2.75) is 7.43 Å². The molecule has 0 radical (unpaired) electrons. The van der Waals surface area contributed by atoms with Crippen molar-refractivity contribution < 1.29 is 4.79 Å². The first-order valence-corrected chi connectivity index (χ1v) is 2.51. The summed E-state index contributed by atoms with van der Waals surface area (Å²) in [6, 6.07) is 0. The van der Waals surface area contributed by atoms with E-state index in [0.717, 1.165) is 0 Å². The molecule has 0 aliphatic carbocycles. The van der Waals surface area contributed by atoms with Crippen molar-refractivity contribution in [2.75, 3.05) is 11.8 Å². The number of halogens is 2. The predicted octanol–water partition coefficient (Wildman–Crippen LogP) is 1.67. The molecule has 0 aromatic carbocycles. The van der Waals surface area contributed by atoms with Crippen LogP contribution in [0.1, 0.15) is 7.43 Å². The molecule has 0 rings (SSSR count). The molecule has 44 valence electrons. The Morgan fingerprint density at radius 2 is 1.57 bits per heavy atom. The highest BCUT2D eigenvalue weighted by molar-refractivity contribution is 6.35. The minimum atomic E-state index is -0.127. The van der Waals surface area contributed by atoms with Crippen molar-refractivity contribution in [1.29, 1.82) is 0 Å². The molecule has 0 atom stereocenters. The Morgan fingerprint density at radius 3 is 1.57 bits per heavy atom. The van der Waals surface area contributed by atoms with Gasteiger partial charge >= 0.3 is 0 Å². The minimum Gasteiger partial charge on any atom is -0.297 e. The van der Waals surface area contributed by atoms with E-state index >= 15 is 0 Å². The molecule has 0 aromatic heterocycles. The second kappa shape index (κ2) is 6.25. The molecule has 0 aromatic rings. The van der Waals surface area contributed by atoms with Crippen molar-refractivity contribution >= 4 is 29.0 Å². The average molecular weight is 143 g/mol. The lowest BCUT2D eigenvalue weighted by atomic mass is 10.5. The van der Waals surface area contributed by atoms with Crippen LogP contribution in [0.2, 0.25) is 0 Å². The van der Waals surface area contributed by atoms with Crippen molar-refractivity contribution in [3.8, 4) is 0 Å². The highest BCUT2D eigenvalue weighted by atomic mass is 35.5. The van der Waals surface area contributed by atoms with Gasteiger partial charge in [0.2, 0.25) is 0 Å². The molecule has 0 saturated heterocycles. The fourth-order valence-corrected chi connectivity index (χ4v) is 0.321. The summed E-state index contributed by atoms with van der Waals surface area (Å²) in [6.07, 6.45) is 0. The summed E-state index contributed by atoms with van der Waals surface area (Å²) in [5.41, 5.74) is 0. The molecule has 1 nitrogen and oxygen atoms in total. The Kier molecular flexibility index (Phi) is 9.17. The first kappa shape index (κ1) is 10.3. The standard InChI is InChI=1S/C3H4Cl2O.CH4/c4-1-3(6)2-5;/h1-2H2;1H4. The highest BCUT2D eigenvalue weighted by Crippen LogP contribution is 1.80. The van der Waals surface area contributed by atoms with Gasteiger partial charge in [-0.25, -0.2) is 0 Å². The van der Waals surface area contributed by atoms with Gasteiger partial charge in [-0.1, -0.05) is 7.43 Å². The number of carbonyl (C=O) groups is 1. The van der Waals surface area contributed by atoms with Crippen LogP contribution in [-0.2, 0) is 4.79 Å². The maximum atomic E-state index is 9.92. The smallest absolute Gasteiger partial charge is 0.162 e. The van der Waals surface area contributed by atoms with Crippen LogP contribution in [0.3, 0.4) is 0 Å². The third-order valence-corrected chi connectivity index (χ3v) is 0.894. The van der Waals surface area contributed by atoms with E-state index in [1.165, 1.54) is 0 Å². The Morgan fingerprint density at radius 1 is 1.29 bits per heavy atom. The van der Waals surface area contributed by atoms with E-state index in [9.17, 15) is 4.79 Å².